The molecule has 94 valence electrons. The number of benzene rings is 1. The van der Waals surface area contributed by atoms with Crippen LogP contribution in [0.15, 0.2) is 36.4 Å². The fraction of sp³-hybridized carbons (Fsp3) is 0.333. The van der Waals surface area contributed by atoms with Gasteiger partial charge in [-0.1, -0.05) is 37.3 Å². The lowest BCUT2D eigenvalue weighted by atomic mass is 10.0. The molecule has 1 unspecified atom stereocenters. The number of Topliss-reactive ketones (excluding diaryl/α,β-unsaturated/α-hetero) is 1. The number of aryl methyl sites for hydroxylation is 2. The maximum atomic E-state index is 12.5. The predicted molar refractivity (Wildman–Crippen MR) is 71.8 cm³/mol. The fourth-order valence-corrected chi connectivity index (χ4v) is 2.23. The smallest absolute Gasteiger partial charge is 0.187 e. The third-order valence-electron chi connectivity index (χ3n) is 3.09. The minimum Gasteiger partial charge on any atom is -0.292 e. The summed E-state index contributed by atoms with van der Waals surface area (Å²) in [5.74, 6) is 0.129. The number of nitrogens with zero attached hydrogens (tertiary/aromatic N) is 2. The van der Waals surface area contributed by atoms with E-state index in [1.165, 1.54) is 0 Å². The number of rotatable bonds is 4. The third kappa shape index (κ3) is 2.35. The van der Waals surface area contributed by atoms with Crippen molar-refractivity contribution in [3.05, 3.63) is 53.3 Å². The normalized spacial score (nSPS) is 12.4. The summed E-state index contributed by atoms with van der Waals surface area (Å²) >= 11 is 0. The van der Waals surface area contributed by atoms with E-state index in [0.717, 1.165) is 23.4 Å². The highest BCUT2D eigenvalue weighted by Crippen LogP contribution is 2.19. The Morgan fingerprint density at radius 3 is 2.44 bits per heavy atom. The van der Waals surface area contributed by atoms with E-state index in [4.69, 9.17) is 0 Å². The Kier molecular flexibility index (Phi) is 3.60. The summed E-state index contributed by atoms with van der Waals surface area (Å²) in [6.45, 7) is 5.95. The highest BCUT2D eigenvalue weighted by Gasteiger charge is 2.22. The quantitative estimate of drug-likeness (QED) is 0.771. The van der Waals surface area contributed by atoms with E-state index >= 15 is 0 Å². The summed E-state index contributed by atoms with van der Waals surface area (Å²) in [6.07, 6.45) is 0.746. The van der Waals surface area contributed by atoms with Crippen LogP contribution in [0.5, 0.6) is 0 Å². The van der Waals surface area contributed by atoms with E-state index < -0.39 is 0 Å². The molecule has 1 atom stereocenters. The molecule has 1 aromatic carbocycles. The van der Waals surface area contributed by atoms with Crippen molar-refractivity contribution in [2.24, 2.45) is 0 Å². The summed E-state index contributed by atoms with van der Waals surface area (Å²) in [7, 11) is 0. The molecule has 1 aromatic heterocycles. The average Bonchev–Trinajstić information content (AvgIpc) is 2.70. The molecule has 0 aliphatic rings. The van der Waals surface area contributed by atoms with Crippen molar-refractivity contribution >= 4 is 5.78 Å². The van der Waals surface area contributed by atoms with Crippen LogP contribution in [0.2, 0.25) is 0 Å². The highest BCUT2D eigenvalue weighted by atomic mass is 16.1. The molecular formula is C15H18N2O. The second-order valence-corrected chi connectivity index (χ2v) is 4.53. The van der Waals surface area contributed by atoms with Gasteiger partial charge in [0.2, 0.25) is 0 Å². The Hall–Kier alpha value is -1.90. The van der Waals surface area contributed by atoms with Gasteiger partial charge in [0, 0.05) is 11.3 Å². The van der Waals surface area contributed by atoms with Crippen LogP contribution in [-0.4, -0.2) is 15.6 Å². The van der Waals surface area contributed by atoms with Crippen molar-refractivity contribution in [3.8, 4) is 0 Å². The van der Waals surface area contributed by atoms with Crippen LogP contribution in [0.1, 0.15) is 41.1 Å². The van der Waals surface area contributed by atoms with Crippen molar-refractivity contribution in [2.75, 3.05) is 0 Å². The van der Waals surface area contributed by atoms with Crippen molar-refractivity contribution in [2.45, 2.75) is 33.2 Å². The van der Waals surface area contributed by atoms with Gasteiger partial charge in [-0.2, -0.15) is 5.10 Å². The van der Waals surface area contributed by atoms with Crippen molar-refractivity contribution in [1.82, 2.24) is 9.78 Å². The van der Waals surface area contributed by atoms with Crippen molar-refractivity contribution in [3.63, 3.8) is 0 Å². The Morgan fingerprint density at radius 1 is 1.28 bits per heavy atom. The summed E-state index contributed by atoms with van der Waals surface area (Å²) < 4.78 is 1.84. The fourth-order valence-electron chi connectivity index (χ4n) is 2.23. The molecule has 0 bridgehead atoms. The van der Waals surface area contributed by atoms with Crippen LogP contribution < -0.4 is 0 Å². The second-order valence-electron chi connectivity index (χ2n) is 4.53. The van der Waals surface area contributed by atoms with Gasteiger partial charge in [0.15, 0.2) is 5.78 Å². The van der Waals surface area contributed by atoms with Gasteiger partial charge in [-0.3, -0.25) is 9.48 Å². The van der Waals surface area contributed by atoms with E-state index in [2.05, 4.69) is 5.10 Å². The lowest BCUT2D eigenvalue weighted by Crippen LogP contribution is -2.21. The maximum absolute atomic E-state index is 12.5. The molecule has 0 amide bonds. The summed E-state index contributed by atoms with van der Waals surface area (Å²) in [6, 6.07) is 11.2. The standard InChI is InChI=1S/C15H18N2O/c1-4-14(17-12(3)10-11(2)16-17)15(18)13-8-6-5-7-9-13/h5-10,14H,4H2,1-3H3. The molecule has 1 heterocycles. The first kappa shape index (κ1) is 12.6. The largest absolute Gasteiger partial charge is 0.292 e. The molecule has 0 fully saturated rings. The monoisotopic (exact) mass is 242 g/mol. The molecule has 18 heavy (non-hydrogen) atoms. The van der Waals surface area contributed by atoms with E-state index in [9.17, 15) is 4.79 Å². The molecule has 0 spiro atoms. The molecule has 0 saturated heterocycles. The van der Waals surface area contributed by atoms with Gasteiger partial charge in [0.25, 0.3) is 0 Å². The van der Waals surface area contributed by atoms with Crippen molar-refractivity contribution in [1.29, 1.82) is 0 Å². The summed E-state index contributed by atoms with van der Waals surface area (Å²) in [5, 5.41) is 4.42. The Balaban J connectivity index is 2.35. The molecular weight excluding hydrogens is 224 g/mol. The molecule has 3 heteroatoms. The lowest BCUT2D eigenvalue weighted by Gasteiger charge is -2.16. The second kappa shape index (κ2) is 5.17. The van der Waals surface area contributed by atoms with E-state index in [0.29, 0.717) is 0 Å². The van der Waals surface area contributed by atoms with Gasteiger partial charge < -0.3 is 0 Å². The van der Waals surface area contributed by atoms with Crippen LogP contribution in [0.3, 0.4) is 0 Å². The van der Waals surface area contributed by atoms with Crippen LogP contribution in [0.25, 0.3) is 0 Å². The first-order chi connectivity index (χ1) is 8.63. The molecule has 0 N–H and O–H groups in total. The molecule has 3 nitrogen and oxygen atoms in total. The van der Waals surface area contributed by atoms with Gasteiger partial charge in [-0.25, -0.2) is 0 Å². The highest BCUT2D eigenvalue weighted by molar-refractivity contribution is 5.98. The third-order valence-corrected chi connectivity index (χ3v) is 3.09. The Bertz CT molecular complexity index is 543. The number of ketones is 1. The van der Waals surface area contributed by atoms with E-state index in [1.807, 2.05) is 61.9 Å². The lowest BCUT2D eigenvalue weighted by molar-refractivity contribution is 0.0912. The van der Waals surface area contributed by atoms with Crippen molar-refractivity contribution < 1.29 is 4.79 Å². The Morgan fingerprint density at radius 2 is 1.94 bits per heavy atom. The molecule has 2 rings (SSSR count). The molecule has 2 aromatic rings. The number of hydrogen-bond acceptors (Lipinski definition) is 2. The molecule has 0 aliphatic carbocycles. The van der Waals surface area contributed by atoms with Gasteiger partial charge in [0.1, 0.15) is 6.04 Å². The van der Waals surface area contributed by atoms with Crippen LogP contribution in [0.4, 0.5) is 0 Å². The summed E-state index contributed by atoms with van der Waals surface area (Å²) in [5.41, 5.74) is 2.73. The molecule has 0 aliphatic heterocycles. The molecule has 0 radical (unpaired) electrons. The van der Waals surface area contributed by atoms with Gasteiger partial charge >= 0.3 is 0 Å². The summed E-state index contributed by atoms with van der Waals surface area (Å²) in [4.78, 5) is 12.5. The van der Waals surface area contributed by atoms with Crippen LogP contribution in [0, 0.1) is 13.8 Å². The Labute approximate surface area is 107 Å². The number of carbonyl (C=O) groups is 1. The zero-order valence-corrected chi connectivity index (χ0v) is 11.1. The topological polar surface area (TPSA) is 34.9 Å². The average molecular weight is 242 g/mol. The van der Waals surface area contributed by atoms with E-state index in [-0.39, 0.29) is 11.8 Å². The predicted octanol–water partition coefficient (Wildman–Crippen LogP) is 3.33. The van der Waals surface area contributed by atoms with Gasteiger partial charge in [-0.05, 0) is 26.3 Å². The molecule has 0 saturated carbocycles. The van der Waals surface area contributed by atoms with Gasteiger partial charge in [-0.15, -0.1) is 0 Å². The van der Waals surface area contributed by atoms with Crippen LogP contribution in [-0.2, 0) is 0 Å². The van der Waals surface area contributed by atoms with E-state index in [1.54, 1.807) is 0 Å². The van der Waals surface area contributed by atoms with Crippen LogP contribution >= 0.6 is 0 Å². The minimum absolute atomic E-state index is 0.129. The number of carbonyl (C=O) groups excluding carboxylic acids is 1. The first-order valence-electron chi connectivity index (χ1n) is 6.25. The first-order valence-corrected chi connectivity index (χ1v) is 6.25. The number of hydrogen-bond donors (Lipinski definition) is 0. The zero-order chi connectivity index (χ0) is 13.1. The van der Waals surface area contributed by atoms with Gasteiger partial charge in [0.05, 0.1) is 5.69 Å². The minimum atomic E-state index is -0.207. The SMILES string of the molecule is CCC(C(=O)c1ccccc1)n1nc(C)cc1C. The zero-order valence-electron chi connectivity index (χ0n) is 11.1. The maximum Gasteiger partial charge on any atom is 0.187 e. The number of aromatic nitrogens is 2.